The Hall–Kier alpha value is -1.29. The average molecular weight is 292 g/mol. The standard InChI is InChI=1S/C17H28N2O2/c1-2-3-4-5-12-20-17-16(9-7-11-19-17)21-14-15-8-6-10-18-13-15/h7,9,11,15,18H,2-6,8,10,12-14H2,1H3. The molecule has 4 heteroatoms. The number of unbranched alkanes of at least 4 members (excludes halogenated alkanes) is 3. The Kier molecular flexibility index (Phi) is 7.36. The molecular formula is C17H28N2O2. The van der Waals surface area contributed by atoms with Crippen LogP contribution in [0.5, 0.6) is 11.6 Å². The van der Waals surface area contributed by atoms with Crippen LogP contribution in [-0.2, 0) is 0 Å². The van der Waals surface area contributed by atoms with E-state index in [4.69, 9.17) is 9.47 Å². The van der Waals surface area contributed by atoms with Crippen LogP contribution in [0.25, 0.3) is 0 Å². The predicted octanol–water partition coefficient (Wildman–Crippen LogP) is 3.42. The lowest BCUT2D eigenvalue weighted by atomic mass is 10.0. The van der Waals surface area contributed by atoms with Crippen molar-refractivity contribution in [2.24, 2.45) is 5.92 Å². The molecule has 0 aromatic carbocycles. The van der Waals surface area contributed by atoms with Crippen molar-refractivity contribution in [2.45, 2.75) is 45.4 Å². The molecule has 2 heterocycles. The van der Waals surface area contributed by atoms with Crippen molar-refractivity contribution in [1.29, 1.82) is 0 Å². The fourth-order valence-electron chi connectivity index (χ4n) is 2.57. The molecule has 0 saturated carbocycles. The Bertz CT molecular complexity index is 392. The summed E-state index contributed by atoms with van der Waals surface area (Å²) >= 11 is 0. The van der Waals surface area contributed by atoms with Gasteiger partial charge in [0.15, 0.2) is 5.75 Å². The van der Waals surface area contributed by atoms with Gasteiger partial charge in [-0.25, -0.2) is 4.98 Å². The van der Waals surface area contributed by atoms with Crippen LogP contribution in [-0.4, -0.2) is 31.3 Å². The highest BCUT2D eigenvalue weighted by Crippen LogP contribution is 2.25. The highest BCUT2D eigenvalue weighted by Gasteiger charge is 2.15. The molecule has 1 aliphatic heterocycles. The molecule has 0 aliphatic carbocycles. The molecule has 2 rings (SSSR count). The quantitative estimate of drug-likeness (QED) is 0.708. The number of pyridine rings is 1. The second kappa shape index (κ2) is 9.61. The van der Waals surface area contributed by atoms with Gasteiger partial charge < -0.3 is 14.8 Å². The first-order valence-electron chi connectivity index (χ1n) is 8.31. The number of nitrogens with one attached hydrogen (secondary N) is 1. The minimum absolute atomic E-state index is 0.594. The van der Waals surface area contributed by atoms with Gasteiger partial charge in [0.1, 0.15) is 0 Å². The summed E-state index contributed by atoms with van der Waals surface area (Å²) in [7, 11) is 0. The molecule has 0 radical (unpaired) electrons. The van der Waals surface area contributed by atoms with E-state index in [0.29, 0.717) is 11.8 Å². The summed E-state index contributed by atoms with van der Waals surface area (Å²) < 4.78 is 11.7. The zero-order valence-corrected chi connectivity index (χ0v) is 13.1. The van der Waals surface area contributed by atoms with Crippen molar-refractivity contribution >= 4 is 0 Å². The summed E-state index contributed by atoms with van der Waals surface area (Å²) in [6.45, 7) is 5.86. The van der Waals surface area contributed by atoms with Crippen LogP contribution in [0.4, 0.5) is 0 Å². The van der Waals surface area contributed by atoms with Crippen LogP contribution in [0.3, 0.4) is 0 Å². The molecule has 0 amide bonds. The van der Waals surface area contributed by atoms with Gasteiger partial charge in [-0.2, -0.15) is 0 Å². The van der Waals surface area contributed by atoms with Gasteiger partial charge in [0.25, 0.3) is 5.88 Å². The second-order valence-electron chi connectivity index (χ2n) is 5.74. The summed E-state index contributed by atoms with van der Waals surface area (Å²) in [6, 6.07) is 3.85. The molecule has 118 valence electrons. The van der Waals surface area contributed by atoms with E-state index in [9.17, 15) is 0 Å². The Morgan fingerprint density at radius 2 is 2.24 bits per heavy atom. The minimum atomic E-state index is 0.594. The molecule has 1 aromatic rings. The molecule has 0 spiro atoms. The van der Waals surface area contributed by atoms with Gasteiger partial charge in [-0.15, -0.1) is 0 Å². The number of rotatable bonds is 9. The summed E-state index contributed by atoms with van der Waals surface area (Å²) in [5.74, 6) is 2.01. The van der Waals surface area contributed by atoms with Gasteiger partial charge in [0.2, 0.25) is 0 Å². The minimum Gasteiger partial charge on any atom is -0.488 e. The van der Waals surface area contributed by atoms with Crippen molar-refractivity contribution in [3.8, 4) is 11.6 Å². The third kappa shape index (κ3) is 5.92. The molecule has 1 atom stereocenters. The second-order valence-corrected chi connectivity index (χ2v) is 5.74. The Morgan fingerprint density at radius 3 is 3.05 bits per heavy atom. The topological polar surface area (TPSA) is 43.4 Å². The Morgan fingerprint density at radius 1 is 1.29 bits per heavy atom. The summed E-state index contributed by atoms with van der Waals surface area (Å²) in [6.07, 6.45) is 9.04. The monoisotopic (exact) mass is 292 g/mol. The summed E-state index contributed by atoms with van der Waals surface area (Å²) in [5.41, 5.74) is 0. The van der Waals surface area contributed by atoms with Crippen LogP contribution in [0.2, 0.25) is 0 Å². The lowest BCUT2D eigenvalue weighted by Gasteiger charge is -2.23. The number of piperidine rings is 1. The van der Waals surface area contributed by atoms with E-state index in [0.717, 1.165) is 38.5 Å². The molecule has 1 saturated heterocycles. The van der Waals surface area contributed by atoms with E-state index in [1.54, 1.807) is 6.20 Å². The van der Waals surface area contributed by atoms with Crippen molar-refractivity contribution in [1.82, 2.24) is 10.3 Å². The van der Waals surface area contributed by atoms with E-state index < -0.39 is 0 Å². The number of ether oxygens (including phenoxy) is 2. The molecule has 1 aromatic heterocycles. The molecule has 4 nitrogen and oxygen atoms in total. The lowest BCUT2D eigenvalue weighted by Crippen LogP contribution is -2.33. The molecule has 1 N–H and O–H groups in total. The highest BCUT2D eigenvalue weighted by molar-refractivity contribution is 5.32. The first-order valence-corrected chi connectivity index (χ1v) is 8.31. The Labute approximate surface area is 128 Å². The molecule has 1 fully saturated rings. The number of hydrogen-bond acceptors (Lipinski definition) is 4. The fourth-order valence-corrected chi connectivity index (χ4v) is 2.57. The van der Waals surface area contributed by atoms with Gasteiger partial charge in [-0.05, 0) is 37.9 Å². The molecular weight excluding hydrogens is 264 g/mol. The fraction of sp³-hybridized carbons (Fsp3) is 0.706. The lowest BCUT2D eigenvalue weighted by molar-refractivity contribution is 0.202. The highest BCUT2D eigenvalue weighted by atomic mass is 16.5. The number of aromatic nitrogens is 1. The van der Waals surface area contributed by atoms with Gasteiger partial charge in [-0.3, -0.25) is 0 Å². The summed E-state index contributed by atoms with van der Waals surface area (Å²) in [5, 5.41) is 3.41. The van der Waals surface area contributed by atoms with Gasteiger partial charge in [0, 0.05) is 18.7 Å². The Balaban J connectivity index is 1.76. The van der Waals surface area contributed by atoms with Crippen LogP contribution in [0, 0.1) is 5.92 Å². The first kappa shape index (κ1) is 16.1. The van der Waals surface area contributed by atoms with E-state index in [-0.39, 0.29) is 0 Å². The van der Waals surface area contributed by atoms with E-state index in [2.05, 4.69) is 17.2 Å². The van der Waals surface area contributed by atoms with Crippen LogP contribution in [0.15, 0.2) is 18.3 Å². The maximum Gasteiger partial charge on any atom is 0.256 e. The third-order valence-electron chi connectivity index (χ3n) is 3.85. The van der Waals surface area contributed by atoms with Gasteiger partial charge >= 0.3 is 0 Å². The molecule has 0 bridgehead atoms. The largest absolute Gasteiger partial charge is 0.488 e. The zero-order valence-electron chi connectivity index (χ0n) is 13.1. The predicted molar refractivity (Wildman–Crippen MR) is 85.0 cm³/mol. The van der Waals surface area contributed by atoms with Gasteiger partial charge in [-0.1, -0.05) is 26.2 Å². The van der Waals surface area contributed by atoms with Crippen LogP contribution < -0.4 is 14.8 Å². The maximum absolute atomic E-state index is 5.93. The van der Waals surface area contributed by atoms with Gasteiger partial charge in [0.05, 0.1) is 13.2 Å². The third-order valence-corrected chi connectivity index (χ3v) is 3.85. The first-order chi connectivity index (χ1) is 10.4. The van der Waals surface area contributed by atoms with Crippen LogP contribution >= 0.6 is 0 Å². The van der Waals surface area contributed by atoms with E-state index in [1.165, 1.54) is 32.1 Å². The van der Waals surface area contributed by atoms with E-state index in [1.807, 2.05) is 12.1 Å². The van der Waals surface area contributed by atoms with Crippen LogP contribution in [0.1, 0.15) is 45.4 Å². The van der Waals surface area contributed by atoms with Crippen molar-refractivity contribution in [3.05, 3.63) is 18.3 Å². The van der Waals surface area contributed by atoms with E-state index >= 15 is 0 Å². The number of nitrogens with zero attached hydrogens (tertiary/aromatic N) is 1. The molecule has 1 aliphatic rings. The van der Waals surface area contributed by atoms with Crippen molar-refractivity contribution < 1.29 is 9.47 Å². The van der Waals surface area contributed by atoms with Crippen molar-refractivity contribution in [3.63, 3.8) is 0 Å². The summed E-state index contributed by atoms with van der Waals surface area (Å²) in [4.78, 5) is 4.30. The van der Waals surface area contributed by atoms with Crippen molar-refractivity contribution in [2.75, 3.05) is 26.3 Å². The SMILES string of the molecule is CCCCCCOc1ncccc1OCC1CCCNC1. The molecule has 21 heavy (non-hydrogen) atoms. The smallest absolute Gasteiger partial charge is 0.256 e. The molecule has 1 unspecified atom stereocenters. The zero-order chi connectivity index (χ0) is 14.8. The average Bonchev–Trinajstić information content (AvgIpc) is 2.55. The maximum atomic E-state index is 5.93. The normalized spacial score (nSPS) is 18.4. The number of hydrogen-bond donors (Lipinski definition) is 1.